The van der Waals surface area contributed by atoms with Gasteiger partial charge in [-0.05, 0) is 39.4 Å². The van der Waals surface area contributed by atoms with Crippen molar-refractivity contribution in [3.05, 3.63) is 132 Å². The van der Waals surface area contributed by atoms with Crippen molar-refractivity contribution in [3.63, 3.8) is 0 Å². The van der Waals surface area contributed by atoms with E-state index in [9.17, 15) is 9.59 Å². The Morgan fingerprint density at radius 3 is 1.73 bits per heavy atom. The predicted molar refractivity (Wildman–Crippen MR) is 207 cm³/mol. The third kappa shape index (κ3) is 9.39. The number of hydrogen-bond donors (Lipinski definition) is 0. The molecule has 5 rings (SSSR count). The summed E-state index contributed by atoms with van der Waals surface area (Å²) in [5, 5.41) is 1.83. The molecule has 7 nitrogen and oxygen atoms in total. The third-order valence-electron chi connectivity index (χ3n) is 8.72. The fourth-order valence-electron chi connectivity index (χ4n) is 6.35. The maximum Gasteiger partial charge on any atom is 0.359 e. The number of esters is 2. The zero-order valence-electron chi connectivity index (χ0n) is 28.7. The van der Waals surface area contributed by atoms with Gasteiger partial charge in [0.15, 0.2) is 12.2 Å². The van der Waals surface area contributed by atoms with E-state index in [1.807, 2.05) is 73.0 Å². The summed E-state index contributed by atoms with van der Waals surface area (Å²) in [6, 6.07) is 38.5. The molecule has 12 heteroatoms. The van der Waals surface area contributed by atoms with Gasteiger partial charge in [0.25, 0.3) is 12.1 Å². The molecule has 5 atom stereocenters. The van der Waals surface area contributed by atoms with Gasteiger partial charge in [-0.15, -0.1) is 11.8 Å². The number of carbonyl (C=O) groups excluding carboxylic acids is 2. The Kier molecular flexibility index (Phi) is 13.4. The van der Waals surface area contributed by atoms with Crippen LogP contribution in [0.15, 0.2) is 121 Å². The lowest BCUT2D eigenvalue weighted by Crippen LogP contribution is -2.68. The lowest BCUT2D eigenvalue weighted by atomic mass is 9.99. The second-order valence-electron chi connectivity index (χ2n) is 13.1. The Hall–Kier alpha value is -2.86. The number of rotatable bonds is 12. The van der Waals surface area contributed by atoms with Crippen molar-refractivity contribution in [1.82, 2.24) is 0 Å². The number of ether oxygens (including phenoxy) is 4. The quantitative estimate of drug-likeness (QED) is 0.0820. The monoisotopic (exact) mass is 786 g/mol. The van der Waals surface area contributed by atoms with Crippen LogP contribution in [0.2, 0.25) is 5.04 Å². The molecule has 51 heavy (non-hydrogen) atoms. The molecule has 270 valence electrons. The molecule has 0 aromatic heterocycles. The molecule has 4 aromatic rings. The summed E-state index contributed by atoms with van der Waals surface area (Å²) < 4.78 is 30.2. The highest BCUT2D eigenvalue weighted by molar-refractivity contribution is 7.99. The van der Waals surface area contributed by atoms with Crippen molar-refractivity contribution < 1.29 is 33.0 Å². The van der Waals surface area contributed by atoms with Gasteiger partial charge < -0.3 is 23.4 Å². The van der Waals surface area contributed by atoms with Crippen molar-refractivity contribution in [2.24, 2.45) is 0 Å². The smallest absolute Gasteiger partial charge is 0.359 e. The lowest BCUT2D eigenvalue weighted by molar-refractivity contribution is -0.233. The van der Waals surface area contributed by atoms with Crippen LogP contribution < -0.4 is 10.4 Å². The number of thioether (sulfide) groups is 1. The van der Waals surface area contributed by atoms with Crippen molar-refractivity contribution >= 4 is 77.2 Å². The van der Waals surface area contributed by atoms with Crippen LogP contribution in [0.5, 0.6) is 0 Å². The van der Waals surface area contributed by atoms with Crippen LogP contribution in [0.3, 0.4) is 0 Å². The summed E-state index contributed by atoms with van der Waals surface area (Å²) in [7, 11) is -3.05. The second kappa shape index (κ2) is 17.3. The van der Waals surface area contributed by atoms with E-state index in [-0.39, 0.29) is 18.3 Å². The van der Waals surface area contributed by atoms with Gasteiger partial charge in [0, 0.05) is 0 Å². The number of benzene rings is 4. The largest absolute Gasteiger partial charge is 0.452 e. The van der Waals surface area contributed by atoms with Gasteiger partial charge in [-0.1, -0.05) is 165 Å². The zero-order valence-corrected chi connectivity index (χ0v) is 32.8. The highest BCUT2D eigenvalue weighted by Crippen LogP contribution is 2.40. The Morgan fingerprint density at radius 2 is 1.24 bits per heavy atom. The maximum absolute atomic E-state index is 13.5. The average molecular weight is 788 g/mol. The van der Waals surface area contributed by atoms with Gasteiger partial charge in [0.1, 0.15) is 17.6 Å². The summed E-state index contributed by atoms with van der Waals surface area (Å²) >= 11 is 19.4. The van der Waals surface area contributed by atoms with E-state index in [2.05, 4.69) is 45.0 Å². The minimum atomic E-state index is -3.05. The molecule has 1 heterocycles. The molecular formula is C39H41Cl3O7SSi. The zero-order chi connectivity index (χ0) is 36.6. The molecule has 1 fully saturated rings. The Labute approximate surface area is 319 Å². The van der Waals surface area contributed by atoms with Crippen LogP contribution in [0.25, 0.3) is 0 Å². The van der Waals surface area contributed by atoms with Crippen LogP contribution >= 0.6 is 46.6 Å². The van der Waals surface area contributed by atoms with E-state index >= 15 is 0 Å². The van der Waals surface area contributed by atoms with Crippen LogP contribution in [0.4, 0.5) is 0 Å². The number of hydrogen-bond acceptors (Lipinski definition) is 8. The topological polar surface area (TPSA) is 80.3 Å². The number of alkyl halides is 3. The summed E-state index contributed by atoms with van der Waals surface area (Å²) in [6.45, 7) is 6.71. The third-order valence-corrected chi connectivity index (χ3v) is 15.0. The van der Waals surface area contributed by atoms with Crippen molar-refractivity contribution in [2.45, 2.75) is 66.1 Å². The molecular weight excluding hydrogens is 747 g/mol. The molecule has 0 radical (unpaired) electrons. The second-order valence-corrected chi connectivity index (χ2v) is 20.6. The number of carbonyl (C=O) groups is 2. The van der Waals surface area contributed by atoms with E-state index in [0.29, 0.717) is 5.56 Å². The first-order valence-electron chi connectivity index (χ1n) is 16.5. The molecule has 4 aromatic carbocycles. The van der Waals surface area contributed by atoms with Gasteiger partial charge in [-0.25, -0.2) is 9.59 Å². The predicted octanol–water partition coefficient (Wildman–Crippen LogP) is 7.74. The van der Waals surface area contributed by atoms with E-state index in [1.165, 1.54) is 11.8 Å². The summed E-state index contributed by atoms with van der Waals surface area (Å²) in [5.41, 5.74) is 0.360. The normalized spacial score (nSPS) is 21.1. The molecule has 0 unspecified atom stereocenters. The molecule has 0 spiro atoms. The molecule has 0 saturated carbocycles. The van der Waals surface area contributed by atoms with E-state index in [1.54, 1.807) is 30.3 Å². The molecule has 0 bridgehead atoms. The van der Waals surface area contributed by atoms with Crippen molar-refractivity contribution in [3.8, 4) is 0 Å². The van der Waals surface area contributed by atoms with Crippen molar-refractivity contribution in [2.75, 3.05) is 12.9 Å². The van der Waals surface area contributed by atoms with E-state index in [0.717, 1.165) is 15.9 Å². The van der Waals surface area contributed by atoms with Gasteiger partial charge in [0.05, 0.1) is 18.8 Å². The minimum absolute atomic E-state index is 0.0466. The molecule has 0 aliphatic carbocycles. The van der Waals surface area contributed by atoms with Gasteiger partial charge in [-0.2, -0.15) is 0 Å². The first kappa shape index (κ1) is 39.3. The number of halogens is 3. The van der Waals surface area contributed by atoms with Crippen LogP contribution in [-0.2, 0) is 34.8 Å². The van der Waals surface area contributed by atoms with E-state index < -0.39 is 53.9 Å². The summed E-state index contributed by atoms with van der Waals surface area (Å²) in [5.74, 6) is -1.78. The minimum Gasteiger partial charge on any atom is -0.452 e. The first-order chi connectivity index (χ1) is 24.3. The summed E-state index contributed by atoms with van der Waals surface area (Å²) in [6.07, 6.45) is -2.41. The SMILES string of the molecule is CS[C@@H]1O[C@H](CO[Si](c2ccccc2)(c2ccccc2)C(C)(C)C)[C@@H](OCc2ccccc2)[C@H](OC(=O)C(Cl)(Cl)Cl)[C@H]1OC(=O)c1ccccc1. The first-order valence-corrected chi connectivity index (χ1v) is 20.8. The highest BCUT2D eigenvalue weighted by atomic mass is 35.6. The summed E-state index contributed by atoms with van der Waals surface area (Å²) in [4.78, 5) is 26.8. The standard InChI is InChI=1S/C39H41Cl3O7SSi/c1-38(2,3)51(29-21-13-7-14-22-29,30-23-15-8-16-24-30)46-26-31-32(45-25-27-17-9-5-10-18-27)33(49-37(44)39(40,41)42)34(36(47-31)50-4)48-35(43)28-19-11-6-12-20-28/h5-24,31-34,36H,25-26H2,1-4H3/t31-,32-,33+,34-,36+/m1/s1. The molecule has 0 N–H and O–H groups in total. The van der Waals surface area contributed by atoms with Crippen LogP contribution in [0.1, 0.15) is 36.7 Å². The van der Waals surface area contributed by atoms with Gasteiger partial charge in [0.2, 0.25) is 0 Å². The molecule has 1 aliphatic rings. The Bertz CT molecular complexity index is 1670. The van der Waals surface area contributed by atoms with Gasteiger partial charge >= 0.3 is 11.9 Å². The Balaban J connectivity index is 1.58. The van der Waals surface area contributed by atoms with Crippen molar-refractivity contribution in [1.29, 1.82) is 0 Å². The molecule has 1 aliphatic heterocycles. The molecule has 0 amide bonds. The fraction of sp³-hybridized carbons (Fsp3) is 0.333. The lowest BCUT2D eigenvalue weighted by Gasteiger charge is -2.47. The Morgan fingerprint density at radius 1 is 0.725 bits per heavy atom. The highest BCUT2D eigenvalue weighted by Gasteiger charge is 2.55. The average Bonchev–Trinajstić information content (AvgIpc) is 3.12. The maximum atomic E-state index is 13.5. The molecule has 1 saturated heterocycles. The van der Waals surface area contributed by atoms with Gasteiger partial charge in [-0.3, -0.25) is 0 Å². The van der Waals surface area contributed by atoms with E-state index in [4.69, 9.17) is 58.2 Å². The fourth-order valence-corrected chi connectivity index (χ4v) is 11.8. The van der Waals surface area contributed by atoms with Crippen LogP contribution in [-0.4, -0.2) is 66.8 Å². The van der Waals surface area contributed by atoms with Crippen LogP contribution in [0, 0.1) is 0 Å².